The first kappa shape index (κ1) is 22.6. The summed E-state index contributed by atoms with van der Waals surface area (Å²) in [6.45, 7) is 6.69. The standard InChI is InChI=1S/C27H34N6O/c1-19-10-11-23-25(14-19)33-13-9-7-5-3-4-6-8-12-32-18-22(17-28-32)24-16-21(15-20(2)29-24)26(34)31-27(33)30-23/h10-11,14-17,22H,3-9,12-13,18H2,1-2H3,(H,30,31,34). The third-order valence-electron chi connectivity index (χ3n) is 6.87. The van der Waals surface area contributed by atoms with Crippen LogP contribution in [0.5, 0.6) is 0 Å². The average Bonchev–Trinajstić information content (AvgIpc) is 3.42. The molecule has 1 aromatic heterocycles. The number of fused-ring (bicyclic) bond motifs is 8. The Kier molecular flexibility index (Phi) is 6.61. The van der Waals surface area contributed by atoms with Crippen molar-refractivity contribution in [1.29, 1.82) is 0 Å². The Morgan fingerprint density at radius 1 is 0.941 bits per heavy atom. The number of anilines is 2. The fourth-order valence-electron chi connectivity index (χ4n) is 5.02. The third kappa shape index (κ3) is 4.98. The molecule has 7 nitrogen and oxygen atoms in total. The van der Waals surface area contributed by atoms with Crippen molar-refractivity contribution in [3.63, 3.8) is 0 Å². The number of carbonyl (C=O) groups is 1. The molecule has 1 amide bonds. The summed E-state index contributed by atoms with van der Waals surface area (Å²) in [6, 6.07) is 10.1. The predicted octanol–water partition coefficient (Wildman–Crippen LogP) is 5.26. The molecule has 0 aliphatic carbocycles. The van der Waals surface area contributed by atoms with Crippen LogP contribution in [0, 0.1) is 13.8 Å². The lowest BCUT2D eigenvalue weighted by molar-refractivity contribution is 0.100. The number of nitrogens with one attached hydrogen (secondary N) is 1. The molecule has 3 aliphatic rings. The quantitative estimate of drug-likeness (QED) is 0.583. The minimum absolute atomic E-state index is 0.106. The minimum Gasteiger partial charge on any atom is -0.324 e. The number of carbonyl (C=O) groups excluding carboxylic acids is 1. The molecule has 7 heteroatoms. The van der Waals surface area contributed by atoms with Gasteiger partial charge in [-0.2, -0.15) is 10.1 Å². The van der Waals surface area contributed by atoms with Crippen LogP contribution >= 0.6 is 0 Å². The Labute approximate surface area is 202 Å². The summed E-state index contributed by atoms with van der Waals surface area (Å²) in [7, 11) is 0. The van der Waals surface area contributed by atoms with Gasteiger partial charge in [0, 0.05) is 37.1 Å². The van der Waals surface area contributed by atoms with Crippen LogP contribution in [-0.4, -0.2) is 47.7 Å². The summed E-state index contributed by atoms with van der Waals surface area (Å²) in [6.07, 6.45) is 10.4. The zero-order chi connectivity index (χ0) is 23.5. The molecule has 3 aliphatic heterocycles. The Bertz CT molecular complexity index is 1120. The van der Waals surface area contributed by atoms with Gasteiger partial charge in [-0.1, -0.05) is 38.2 Å². The number of aromatic nitrogens is 1. The maximum Gasteiger partial charge on any atom is 0.280 e. The molecule has 34 heavy (non-hydrogen) atoms. The van der Waals surface area contributed by atoms with E-state index in [4.69, 9.17) is 4.98 Å². The monoisotopic (exact) mass is 458 g/mol. The van der Waals surface area contributed by atoms with Crippen molar-refractivity contribution >= 4 is 29.5 Å². The number of amides is 1. The summed E-state index contributed by atoms with van der Waals surface area (Å²) < 4.78 is 0. The summed E-state index contributed by atoms with van der Waals surface area (Å²) in [5.74, 6) is 0.483. The number of hydrogen-bond donors (Lipinski definition) is 1. The van der Waals surface area contributed by atoms with E-state index in [2.05, 4.69) is 50.4 Å². The molecule has 4 bridgehead atoms. The number of hydrazone groups is 1. The maximum absolute atomic E-state index is 13.3. The Hall–Kier alpha value is -3.22. The van der Waals surface area contributed by atoms with Crippen LogP contribution < -0.4 is 10.2 Å². The number of pyridine rings is 1. The molecule has 1 N–H and O–H groups in total. The number of aryl methyl sites for hydroxylation is 2. The fourth-order valence-corrected chi connectivity index (χ4v) is 5.02. The highest BCUT2D eigenvalue weighted by Gasteiger charge is 2.27. The highest BCUT2D eigenvalue weighted by Crippen LogP contribution is 2.34. The lowest BCUT2D eigenvalue weighted by atomic mass is 10.0. The van der Waals surface area contributed by atoms with Crippen molar-refractivity contribution in [2.24, 2.45) is 10.1 Å². The van der Waals surface area contributed by atoms with Crippen molar-refractivity contribution in [2.45, 2.75) is 64.7 Å². The van der Waals surface area contributed by atoms with Gasteiger partial charge in [0.05, 0.1) is 23.0 Å². The van der Waals surface area contributed by atoms with Crippen LogP contribution in [0.15, 0.2) is 40.4 Å². The van der Waals surface area contributed by atoms with Crippen LogP contribution in [0.3, 0.4) is 0 Å². The molecule has 0 saturated heterocycles. The molecule has 0 spiro atoms. The molecule has 0 radical (unpaired) electrons. The van der Waals surface area contributed by atoms with Crippen LogP contribution in [0.1, 0.15) is 78.2 Å². The second-order valence-corrected chi connectivity index (χ2v) is 9.72. The van der Waals surface area contributed by atoms with Crippen molar-refractivity contribution in [3.8, 4) is 0 Å². The molecule has 5 rings (SSSR count). The Morgan fingerprint density at radius 2 is 1.71 bits per heavy atom. The van der Waals surface area contributed by atoms with Gasteiger partial charge in [0.15, 0.2) is 0 Å². The number of hydrogen-bond acceptors (Lipinski definition) is 6. The number of benzene rings is 1. The second kappa shape index (κ2) is 9.95. The molecule has 0 fully saturated rings. The molecule has 1 unspecified atom stereocenters. The highest BCUT2D eigenvalue weighted by atomic mass is 16.1. The number of nitrogens with zero attached hydrogens (tertiary/aromatic N) is 5. The van der Waals surface area contributed by atoms with E-state index in [1.807, 2.05) is 25.3 Å². The summed E-state index contributed by atoms with van der Waals surface area (Å²) in [5.41, 5.74) is 5.61. The first-order valence-corrected chi connectivity index (χ1v) is 12.6. The van der Waals surface area contributed by atoms with Crippen molar-refractivity contribution in [1.82, 2.24) is 9.99 Å². The molecule has 1 aromatic carbocycles. The minimum atomic E-state index is -0.242. The van der Waals surface area contributed by atoms with Crippen LogP contribution in [0.2, 0.25) is 0 Å². The van der Waals surface area contributed by atoms with Crippen molar-refractivity contribution in [2.75, 3.05) is 29.9 Å². The van der Waals surface area contributed by atoms with E-state index in [9.17, 15) is 4.79 Å². The van der Waals surface area contributed by atoms with E-state index in [0.29, 0.717) is 11.5 Å². The van der Waals surface area contributed by atoms with E-state index in [-0.39, 0.29) is 11.8 Å². The summed E-state index contributed by atoms with van der Waals surface area (Å²) >= 11 is 0. The normalized spacial score (nSPS) is 22.7. The molecule has 178 valence electrons. The molecule has 0 saturated carbocycles. The van der Waals surface area contributed by atoms with Crippen molar-refractivity contribution < 1.29 is 4.79 Å². The van der Waals surface area contributed by atoms with Gasteiger partial charge in [-0.3, -0.25) is 14.8 Å². The van der Waals surface area contributed by atoms with Gasteiger partial charge in [0.2, 0.25) is 5.96 Å². The average molecular weight is 459 g/mol. The lowest BCUT2D eigenvalue weighted by Crippen LogP contribution is -2.32. The lowest BCUT2D eigenvalue weighted by Gasteiger charge is -2.19. The number of rotatable bonds is 0. The van der Waals surface area contributed by atoms with E-state index in [0.717, 1.165) is 48.8 Å². The zero-order valence-electron chi connectivity index (χ0n) is 20.3. The zero-order valence-corrected chi connectivity index (χ0v) is 20.3. The molecule has 4 heterocycles. The van der Waals surface area contributed by atoms with Crippen LogP contribution in [0.25, 0.3) is 0 Å². The van der Waals surface area contributed by atoms with E-state index in [1.54, 1.807) is 0 Å². The summed E-state index contributed by atoms with van der Waals surface area (Å²) in [5, 5.41) is 10.1. The SMILES string of the molecule is Cc1ccc2c(c1)N1CCCCCCCCCN3CC(C=N3)c3cc(cc(C)n3)C(=O)/N=C/1N2. The van der Waals surface area contributed by atoms with Crippen molar-refractivity contribution in [3.05, 3.63) is 52.8 Å². The van der Waals surface area contributed by atoms with Gasteiger partial charge >= 0.3 is 0 Å². The second-order valence-electron chi connectivity index (χ2n) is 9.72. The van der Waals surface area contributed by atoms with Gasteiger partial charge in [-0.25, -0.2) is 0 Å². The molecular weight excluding hydrogens is 424 g/mol. The third-order valence-corrected chi connectivity index (χ3v) is 6.87. The van der Waals surface area contributed by atoms with E-state index < -0.39 is 0 Å². The maximum atomic E-state index is 13.3. The Morgan fingerprint density at radius 3 is 2.53 bits per heavy atom. The van der Waals surface area contributed by atoms with Crippen LogP contribution in [0.4, 0.5) is 11.4 Å². The molecule has 2 aromatic rings. The fraction of sp³-hybridized carbons (Fsp3) is 0.481. The first-order chi connectivity index (χ1) is 16.6. The Balaban J connectivity index is 1.46. The van der Waals surface area contributed by atoms with E-state index >= 15 is 0 Å². The van der Waals surface area contributed by atoms with Gasteiger partial charge in [0.1, 0.15) is 0 Å². The number of guanidine groups is 1. The molecule has 1 atom stereocenters. The summed E-state index contributed by atoms with van der Waals surface area (Å²) in [4.78, 5) is 24.8. The smallest absolute Gasteiger partial charge is 0.280 e. The van der Waals surface area contributed by atoms with E-state index in [1.165, 1.54) is 44.1 Å². The highest BCUT2D eigenvalue weighted by molar-refractivity contribution is 6.19. The topological polar surface area (TPSA) is 73.2 Å². The largest absolute Gasteiger partial charge is 0.324 e. The van der Waals surface area contributed by atoms with Gasteiger partial charge in [0.25, 0.3) is 5.91 Å². The molecular formula is C27H34N6O. The predicted molar refractivity (Wildman–Crippen MR) is 138 cm³/mol. The van der Waals surface area contributed by atoms with Gasteiger partial charge in [-0.05, 0) is 56.5 Å². The van der Waals surface area contributed by atoms with Gasteiger partial charge < -0.3 is 10.2 Å². The number of aliphatic imine (C=N–C) groups is 1. The van der Waals surface area contributed by atoms with Crippen LogP contribution in [-0.2, 0) is 0 Å². The van der Waals surface area contributed by atoms with Gasteiger partial charge in [-0.15, -0.1) is 0 Å². The first-order valence-electron chi connectivity index (χ1n) is 12.6.